The molecule has 0 aromatic heterocycles. The SMILES string of the molecule is COc1cc(O)cc(Br)c1[N+](=O)[O-]. The Hall–Kier alpha value is -1.30. The summed E-state index contributed by atoms with van der Waals surface area (Å²) in [6, 6.07) is 2.42. The van der Waals surface area contributed by atoms with E-state index < -0.39 is 4.92 Å². The van der Waals surface area contributed by atoms with Crippen molar-refractivity contribution in [3.05, 3.63) is 26.7 Å². The van der Waals surface area contributed by atoms with Crippen LogP contribution in [0.2, 0.25) is 0 Å². The van der Waals surface area contributed by atoms with Crippen LogP contribution in [0.5, 0.6) is 11.5 Å². The zero-order chi connectivity index (χ0) is 10.0. The lowest BCUT2D eigenvalue weighted by Crippen LogP contribution is -1.94. The molecule has 13 heavy (non-hydrogen) atoms. The van der Waals surface area contributed by atoms with Gasteiger partial charge in [0.15, 0.2) is 0 Å². The van der Waals surface area contributed by atoms with Crippen LogP contribution in [0.4, 0.5) is 5.69 Å². The van der Waals surface area contributed by atoms with Crippen molar-refractivity contribution >= 4 is 21.6 Å². The highest BCUT2D eigenvalue weighted by Gasteiger charge is 2.20. The molecule has 1 aromatic carbocycles. The molecule has 0 aliphatic heterocycles. The fourth-order valence-corrected chi connectivity index (χ4v) is 1.47. The maximum Gasteiger partial charge on any atom is 0.325 e. The first-order valence-corrected chi connectivity index (χ1v) is 4.06. The van der Waals surface area contributed by atoms with E-state index in [1.165, 1.54) is 19.2 Å². The quantitative estimate of drug-likeness (QED) is 0.642. The Balaban J connectivity index is 3.38. The van der Waals surface area contributed by atoms with Crippen LogP contribution in [0.1, 0.15) is 0 Å². The van der Waals surface area contributed by atoms with Crippen molar-refractivity contribution in [3.8, 4) is 11.5 Å². The predicted molar refractivity (Wildman–Crippen MR) is 49.0 cm³/mol. The van der Waals surface area contributed by atoms with E-state index in [1.807, 2.05) is 0 Å². The number of methoxy groups -OCH3 is 1. The Kier molecular flexibility index (Phi) is 2.72. The molecule has 0 fully saturated rings. The number of rotatable bonds is 2. The summed E-state index contributed by atoms with van der Waals surface area (Å²) in [7, 11) is 1.30. The van der Waals surface area contributed by atoms with Crippen molar-refractivity contribution < 1.29 is 14.8 Å². The topological polar surface area (TPSA) is 72.6 Å². The third kappa shape index (κ3) is 1.89. The van der Waals surface area contributed by atoms with E-state index in [9.17, 15) is 10.1 Å². The Morgan fingerprint density at radius 1 is 1.62 bits per heavy atom. The van der Waals surface area contributed by atoms with Gasteiger partial charge in [-0.3, -0.25) is 10.1 Å². The number of phenols is 1. The summed E-state index contributed by atoms with van der Waals surface area (Å²) in [5, 5.41) is 19.6. The molecule has 70 valence electrons. The number of hydrogen-bond donors (Lipinski definition) is 1. The smallest absolute Gasteiger partial charge is 0.325 e. The fourth-order valence-electron chi connectivity index (χ4n) is 0.893. The molecular weight excluding hydrogens is 242 g/mol. The molecule has 1 N–H and O–H groups in total. The second kappa shape index (κ2) is 3.61. The molecule has 0 saturated carbocycles. The molecule has 0 heterocycles. The second-order valence-electron chi connectivity index (χ2n) is 2.24. The molecular formula is C7H6BrNO4. The zero-order valence-electron chi connectivity index (χ0n) is 6.65. The minimum atomic E-state index is -0.581. The van der Waals surface area contributed by atoms with Crippen LogP contribution in [-0.2, 0) is 0 Å². The molecule has 0 aliphatic rings. The molecule has 1 aromatic rings. The van der Waals surface area contributed by atoms with Crippen molar-refractivity contribution in [1.29, 1.82) is 0 Å². The van der Waals surface area contributed by atoms with Gasteiger partial charge in [0.1, 0.15) is 10.2 Å². The van der Waals surface area contributed by atoms with Gasteiger partial charge in [0.2, 0.25) is 5.75 Å². The van der Waals surface area contributed by atoms with E-state index >= 15 is 0 Å². The minimum absolute atomic E-state index is 0.0249. The number of halogens is 1. The van der Waals surface area contributed by atoms with E-state index in [1.54, 1.807) is 0 Å². The lowest BCUT2D eigenvalue weighted by molar-refractivity contribution is -0.386. The number of ether oxygens (including phenoxy) is 1. The first-order valence-electron chi connectivity index (χ1n) is 3.27. The maximum atomic E-state index is 10.5. The van der Waals surface area contributed by atoms with Crippen LogP contribution < -0.4 is 4.74 Å². The Morgan fingerprint density at radius 2 is 2.23 bits per heavy atom. The normalized spacial score (nSPS) is 9.69. The fraction of sp³-hybridized carbons (Fsp3) is 0.143. The lowest BCUT2D eigenvalue weighted by atomic mass is 10.3. The summed E-state index contributed by atoms with van der Waals surface area (Å²) in [5.41, 5.74) is -0.194. The molecule has 6 heteroatoms. The predicted octanol–water partition coefficient (Wildman–Crippen LogP) is 2.07. The van der Waals surface area contributed by atoms with Crippen molar-refractivity contribution in [3.63, 3.8) is 0 Å². The van der Waals surface area contributed by atoms with Crippen LogP contribution >= 0.6 is 15.9 Å². The van der Waals surface area contributed by atoms with Gasteiger partial charge < -0.3 is 9.84 Å². The highest BCUT2D eigenvalue weighted by atomic mass is 79.9. The first kappa shape index (κ1) is 9.79. The number of nitro groups is 1. The van der Waals surface area contributed by atoms with Gasteiger partial charge in [-0.2, -0.15) is 0 Å². The highest BCUT2D eigenvalue weighted by Crippen LogP contribution is 2.37. The number of nitro benzene ring substituents is 1. The Bertz CT molecular complexity index is 353. The van der Waals surface area contributed by atoms with Crippen LogP contribution in [0.15, 0.2) is 16.6 Å². The first-order chi connectivity index (χ1) is 6.06. The zero-order valence-corrected chi connectivity index (χ0v) is 8.24. The molecule has 0 amide bonds. The summed E-state index contributed by atoms with van der Waals surface area (Å²) in [4.78, 5) is 9.95. The largest absolute Gasteiger partial charge is 0.508 e. The third-order valence-corrected chi connectivity index (χ3v) is 2.02. The summed E-state index contributed by atoms with van der Waals surface area (Å²) in [6.45, 7) is 0. The highest BCUT2D eigenvalue weighted by molar-refractivity contribution is 9.10. The number of benzene rings is 1. The second-order valence-corrected chi connectivity index (χ2v) is 3.09. The number of phenolic OH excluding ortho intramolecular Hbond substituents is 1. The van der Waals surface area contributed by atoms with Crippen molar-refractivity contribution in [2.75, 3.05) is 7.11 Å². The average Bonchev–Trinajstić information content (AvgIpc) is 2.01. The molecule has 0 aliphatic carbocycles. The molecule has 1 rings (SSSR count). The van der Waals surface area contributed by atoms with E-state index in [-0.39, 0.29) is 21.7 Å². The van der Waals surface area contributed by atoms with Gasteiger partial charge in [0.25, 0.3) is 0 Å². The van der Waals surface area contributed by atoms with E-state index in [0.717, 1.165) is 0 Å². The van der Waals surface area contributed by atoms with Gasteiger partial charge >= 0.3 is 5.69 Å². The Morgan fingerprint density at radius 3 is 2.69 bits per heavy atom. The lowest BCUT2D eigenvalue weighted by Gasteiger charge is -2.03. The summed E-state index contributed by atoms with van der Waals surface area (Å²) in [5.74, 6) is -0.0637. The van der Waals surface area contributed by atoms with E-state index in [4.69, 9.17) is 9.84 Å². The average molecular weight is 248 g/mol. The molecule has 0 bridgehead atoms. The van der Waals surface area contributed by atoms with E-state index in [2.05, 4.69) is 15.9 Å². The molecule has 0 atom stereocenters. The van der Waals surface area contributed by atoms with Crippen molar-refractivity contribution in [2.45, 2.75) is 0 Å². The third-order valence-electron chi connectivity index (χ3n) is 1.42. The molecule has 5 nitrogen and oxygen atoms in total. The van der Waals surface area contributed by atoms with Crippen molar-refractivity contribution in [2.24, 2.45) is 0 Å². The molecule has 0 radical (unpaired) electrons. The molecule has 0 saturated heterocycles. The van der Waals surface area contributed by atoms with Crippen molar-refractivity contribution in [1.82, 2.24) is 0 Å². The van der Waals surface area contributed by atoms with E-state index in [0.29, 0.717) is 0 Å². The van der Waals surface area contributed by atoms with Crippen LogP contribution in [0.3, 0.4) is 0 Å². The molecule has 0 unspecified atom stereocenters. The van der Waals surface area contributed by atoms with Gasteiger partial charge in [0, 0.05) is 12.1 Å². The number of aromatic hydroxyl groups is 1. The van der Waals surface area contributed by atoms with Gasteiger partial charge in [-0.25, -0.2) is 0 Å². The van der Waals surface area contributed by atoms with Gasteiger partial charge in [-0.05, 0) is 15.9 Å². The van der Waals surface area contributed by atoms with Gasteiger partial charge in [-0.15, -0.1) is 0 Å². The van der Waals surface area contributed by atoms with Crippen LogP contribution in [-0.4, -0.2) is 17.1 Å². The Labute approximate surface area is 82.2 Å². The number of hydrogen-bond acceptors (Lipinski definition) is 4. The van der Waals surface area contributed by atoms with Gasteiger partial charge in [-0.1, -0.05) is 0 Å². The number of nitrogens with zero attached hydrogens (tertiary/aromatic N) is 1. The van der Waals surface area contributed by atoms with Gasteiger partial charge in [0.05, 0.1) is 12.0 Å². The monoisotopic (exact) mass is 247 g/mol. The minimum Gasteiger partial charge on any atom is -0.508 e. The van der Waals surface area contributed by atoms with Crippen LogP contribution in [0.25, 0.3) is 0 Å². The summed E-state index contributed by atoms with van der Waals surface area (Å²) in [6.07, 6.45) is 0. The molecule has 0 spiro atoms. The van der Waals surface area contributed by atoms with Crippen LogP contribution in [0, 0.1) is 10.1 Å². The maximum absolute atomic E-state index is 10.5. The standard InChI is InChI=1S/C7H6BrNO4/c1-13-6-3-4(10)2-5(8)7(6)9(11)12/h2-3,10H,1H3. The summed E-state index contributed by atoms with van der Waals surface area (Å²) >= 11 is 2.96. The summed E-state index contributed by atoms with van der Waals surface area (Å²) < 4.78 is 4.93.